The molecule has 3 N–H and O–H groups in total. The predicted octanol–water partition coefficient (Wildman–Crippen LogP) is 4.53. The largest absolute Gasteiger partial charge is 0.397 e. The van der Waals surface area contributed by atoms with E-state index in [2.05, 4.69) is 35.6 Å². The molecule has 202 valence electrons. The monoisotopic (exact) mass is 550 g/mol. The van der Waals surface area contributed by atoms with Gasteiger partial charge in [0.25, 0.3) is 0 Å². The van der Waals surface area contributed by atoms with Gasteiger partial charge in [0.15, 0.2) is 5.16 Å². The Labute approximate surface area is 220 Å². The first-order chi connectivity index (χ1) is 18.1. The molecule has 0 spiro atoms. The lowest BCUT2D eigenvalue weighted by Gasteiger charge is -2.44. The topological polar surface area (TPSA) is 102 Å². The van der Waals surface area contributed by atoms with Crippen molar-refractivity contribution in [3.8, 4) is 0 Å². The van der Waals surface area contributed by atoms with Crippen LogP contribution in [0.15, 0.2) is 46.5 Å². The number of rotatable bonds is 8. The van der Waals surface area contributed by atoms with Crippen molar-refractivity contribution in [2.45, 2.75) is 48.2 Å². The second kappa shape index (κ2) is 10.8. The van der Waals surface area contributed by atoms with E-state index < -0.39 is 24.7 Å². The first-order valence-corrected chi connectivity index (χ1v) is 12.9. The summed E-state index contributed by atoms with van der Waals surface area (Å²) >= 11 is 1.28. The first-order valence-electron chi connectivity index (χ1n) is 12.1. The molecule has 4 heterocycles. The molecule has 5 rings (SSSR count). The highest BCUT2D eigenvalue weighted by atomic mass is 32.2. The van der Waals surface area contributed by atoms with Crippen LogP contribution in [0.2, 0.25) is 0 Å². The normalized spacial score (nSPS) is 18.4. The lowest BCUT2D eigenvalue weighted by molar-refractivity contribution is -0.150. The first kappa shape index (κ1) is 26.2. The van der Waals surface area contributed by atoms with Gasteiger partial charge in [-0.2, -0.15) is 18.3 Å². The van der Waals surface area contributed by atoms with E-state index in [1.54, 1.807) is 12.1 Å². The second-order valence-corrected chi connectivity index (χ2v) is 10.4. The van der Waals surface area contributed by atoms with Crippen molar-refractivity contribution in [2.75, 3.05) is 41.7 Å². The number of amides is 1. The molecule has 38 heavy (non-hydrogen) atoms. The van der Waals surface area contributed by atoms with Crippen LogP contribution < -0.4 is 15.5 Å². The maximum atomic E-state index is 13.6. The molecule has 3 aromatic rings. The van der Waals surface area contributed by atoms with Crippen molar-refractivity contribution in [1.29, 1.82) is 0 Å². The molecule has 2 aliphatic heterocycles. The van der Waals surface area contributed by atoms with Crippen LogP contribution in [-0.2, 0) is 4.79 Å². The van der Waals surface area contributed by atoms with Crippen LogP contribution in [0.5, 0.6) is 0 Å². The minimum absolute atomic E-state index is 0.263. The smallest absolute Gasteiger partial charge is 0.353 e. The summed E-state index contributed by atoms with van der Waals surface area (Å²) in [6.45, 7) is 4.58. The average molecular weight is 551 g/mol. The number of aromatic nitrogens is 4. The van der Waals surface area contributed by atoms with Gasteiger partial charge in [-0.3, -0.25) is 14.8 Å². The van der Waals surface area contributed by atoms with Crippen molar-refractivity contribution < 1.29 is 22.4 Å². The molecule has 2 aromatic heterocycles. The number of nitrogens with one attached hydrogen (secondary N) is 3. The number of likely N-dealkylation sites (tertiary alicyclic amines) is 1. The summed E-state index contributed by atoms with van der Waals surface area (Å²) in [5, 5.41) is 12.9. The fourth-order valence-corrected chi connectivity index (χ4v) is 5.12. The molecule has 1 atom stereocenters. The molecular formula is C24H26F4N8OS. The van der Waals surface area contributed by atoms with Gasteiger partial charge < -0.3 is 15.5 Å². The molecule has 0 radical (unpaired) electrons. The van der Waals surface area contributed by atoms with Crippen LogP contribution >= 0.6 is 11.8 Å². The summed E-state index contributed by atoms with van der Waals surface area (Å²) in [5.74, 6) is 0.840. The molecular weight excluding hydrogens is 524 g/mol. The third-order valence-corrected chi connectivity index (χ3v) is 7.11. The van der Waals surface area contributed by atoms with Gasteiger partial charge in [-0.05, 0) is 49.4 Å². The molecule has 0 bridgehead atoms. The van der Waals surface area contributed by atoms with Crippen molar-refractivity contribution >= 4 is 40.8 Å². The van der Waals surface area contributed by atoms with Gasteiger partial charge in [-0.1, -0.05) is 0 Å². The minimum atomic E-state index is -4.57. The molecule has 1 unspecified atom stereocenters. The number of benzene rings is 1. The molecule has 1 aromatic carbocycles. The SMILES string of the molecule is Cc1cc(Nc2cc(N3CC(N4CCC(F)C4)C3)nc(Sc3ccc(NC(=O)CC(F)(F)F)cc3)n2)[nH]n1. The lowest BCUT2D eigenvalue weighted by Crippen LogP contribution is -2.59. The number of hydrogen-bond donors (Lipinski definition) is 3. The van der Waals surface area contributed by atoms with E-state index in [0.29, 0.717) is 29.8 Å². The highest BCUT2D eigenvalue weighted by Crippen LogP contribution is 2.32. The number of anilines is 4. The van der Waals surface area contributed by atoms with E-state index in [1.807, 2.05) is 19.1 Å². The summed E-state index contributed by atoms with van der Waals surface area (Å²) in [4.78, 5) is 25.9. The molecule has 14 heteroatoms. The molecule has 1 amide bonds. The molecule has 2 saturated heterocycles. The number of carbonyl (C=O) groups excluding carboxylic acids is 1. The Hall–Kier alpha value is -3.39. The van der Waals surface area contributed by atoms with Crippen LogP contribution in [-0.4, -0.2) is 75.5 Å². The number of H-pyrrole nitrogens is 1. The second-order valence-electron chi connectivity index (χ2n) is 9.35. The zero-order valence-corrected chi connectivity index (χ0v) is 21.2. The molecule has 2 fully saturated rings. The predicted molar refractivity (Wildman–Crippen MR) is 136 cm³/mol. The minimum Gasteiger partial charge on any atom is -0.353 e. The Morgan fingerprint density at radius 2 is 1.92 bits per heavy atom. The third-order valence-electron chi connectivity index (χ3n) is 6.23. The number of aromatic amines is 1. The average Bonchev–Trinajstić information content (AvgIpc) is 3.40. The van der Waals surface area contributed by atoms with E-state index in [0.717, 1.165) is 36.0 Å². The number of aryl methyl sites for hydroxylation is 1. The molecule has 0 aliphatic carbocycles. The summed E-state index contributed by atoms with van der Waals surface area (Å²) in [5.41, 5.74) is 1.08. The van der Waals surface area contributed by atoms with Crippen molar-refractivity contribution in [3.05, 3.63) is 42.1 Å². The van der Waals surface area contributed by atoms with Gasteiger partial charge in [0.1, 0.15) is 30.0 Å². The highest BCUT2D eigenvalue weighted by Gasteiger charge is 2.37. The number of halogens is 4. The summed E-state index contributed by atoms with van der Waals surface area (Å²) in [6, 6.07) is 10.4. The zero-order valence-electron chi connectivity index (χ0n) is 20.4. The van der Waals surface area contributed by atoms with Gasteiger partial charge in [0.2, 0.25) is 5.91 Å². The number of alkyl halides is 4. The van der Waals surface area contributed by atoms with Gasteiger partial charge in [0.05, 0.1) is 5.69 Å². The van der Waals surface area contributed by atoms with Gasteiger partial charge >= 0.3 is 6.18 Å². The van der Waals surface area contributed by atoms with Gasteiger partial charge in [-0.25, -0.2) is 14.4 Å². The van der Waals surface area contributed by atoms with Crippen molar-refractivity contribution in [1.82, 2.24) is 25.1 Å². The Morgan fingerprint density at radius 3 is 2.55 bits per heavy atom. The summed E-state index contributed by atoms with van der Waals surface area (Å²) < 4.78 is 50.9. The van der Waals surface area contributed by atoms with Crippen LogP contribution in [0, 0.1) is 6.92 Å². The van der Waals surface area contributed by atoms with Crippen LogP contribution in [0.25, 0.3) is 0 Å². The summed E-state index contributed by atoms with van der Waals surface area (Å²) in [6.07, 6.45) is -6.29. The fraction of sp³-hybridized carbons (Fsp3) is 0.417. The Morgan fingerprint density at radius 1 is 1.16 bits per heavy atom. The van der Waals surface area contributed by atoms with E-state index in [1.165, 1.54) is 23.9 Å². The Kier molecular flexibility index (Phi) is 7.43. The van der Waals surface area contributed by atoms with E-state index in [4.69, 9.17) is 4.98 Å². The highest BCUT2D eigenvalue weighted by molar-refractivity contribution is 7.99. The summed E-state index contributed by atoms with van der Waals surface area (Å²) in [7, 11) is 0. The number of carbonyl (C=O) groups is 1. The third kappa shape index (κ3) is 6.72. The lowest BCUT2D eigenvalue weighted by atomic mass is 10.1. The quantitative estimate of drug-likeness (QED) is 0.278. The van der Waals surface area contributed by atoms with Crippen molar-refractivity contribution in [3.63, 3.8) is 0 Å². The molecule has 0 saturated carbocycles. The van der Waals surface area contributed by atoms with Crippen LogP contribution in [0.1, 0.15) is 18.5 Å². The Balaban J connectivity index is 1.29. The fourth-order valence-electron chi connectivity index (χ4n) is 4.36. The zero-order chi connectivity index (χ0) is 26.9. The molecule has 9 nitrogen and oxygen atoms in total. The molecule has 2 aliphatic rings. The van der Waals surface area contributed by atoms with Gasteiger partial charge in [-0.15, -0.1) is 0 Å². The van der Waals surface area contributed by atoms with Crippen LogP contribution in [0.4, 0.5) is 40.7 Å². The maximum absolute atomic E-state index is 13.6. The van der Waals surface area contributed by atoms with E-state index >= 15 is 0 Å². The maximum Gasteiger partial charge on any atom is 0.397 e. The standard InChI is InChI=1S/C24H26F4N8OS/c1-14-8-20(34-33-14)30-19-9-21(36-12-17(13-36)35-7-6-15(25)11-35)32-23(31-19)38-18-4-2-16(3-5-18)29-22(37)10-24(26,27)28/h2-5,8-9,15,17H,6-7,10-13H2,1H3,(H,29,37)(H2,30,31,32,33,34). The Bertz CT molecular complexity index is 1280. The van der Waals surface area contributed by atoms with E-state index in [9.17, 15) is 22.4 Å². The van der Waals surface area contributed by atoms with Crippen LogP contribution in [0.3, 0.4) is 0 Å². The van der Waals surface area contributed by atoms with E-state index in [-0.39, 0.29) is 11.7 Å². The van der Waals surface area contributed by atoms with Gasteiger partial charge in [0, 0.05) is 54.9 Å². The number of nitrogens with zero attached hydrogens (tertiary/aromatic N) is 5. The van der Waals surface area contributed by atoms with Crippen molar-refractivity contribution in [2.24, 2.45) is 0 Å². The number of hydrogen-bond acceptors (Lipinski definition) is 8.